The van der Waals surface area contributed by atoms with Crippen LogP contribution in [0.4, 0.5) is 5.69 Å². The monoisotopic (exact) mass is 434 g/mol. The molecular formula is C16H16Cl2N2O4S2. The van der Waals surface area contributed by atoms with E-state index in [2.05, 4.69) is 4.72 Å². The Morgan fingerprint density at radius 3 is 2.12 bits per heavy atom. The molecule has 2 aromatic rings. The average Bonchev–Trinajstić information content (AvgIpc) is 3.12. The predicted molar refractivity (Wildman–Crippen MR) is 102 cm³/mol. The zero-order valence-corrected chi connectivity index (χ0v) is 16.7. The van der Waals surface area contributed by atoms with Gasteiger partial charge in [0.15, 0.2) is 0 Å². The molecule has 0 unspecified atom stereocenters. The highest BCUT2D eigenvalue weighted by atomic mass is 35.5. The molecule has 0 amide bonds. The highest BCUT2D eigenvalue weighted by Gasteiger charge is 2.29. The summed E-state index contributed by atoms with van der Waals surface area (Å²) in [4.78, 5) is -0.0989. The molecule has 0 aliphatic carbocycles. The third-order valence-electron chi connectivity index (χ3n) is 3.99. The minimum Gasteiger partial charge on any atom is -0.280 e. The molecule has 0 atom stereocenters. The van der Waals surface area contributed by atoms with E-state index in [1.54, 1.807) is 0 Å². The molecular weight excluding hydrogens is 419 g/mol. The Morgan fingerprint density at radius 2 is 1.50 bits per heavy atom. The Hall–Kier alpha value is -1.32. The van der Waals surface area contributed by atoms with Gasteiger partial charge in [-0.05, 0) is 55.3 Å². The summed E-state index contributed by atoms with van der Waals surface area (Å²) in [5.41, 5.74) is 0.113. The Morgan fingerprint density at radius 1 is 0.885 bits per heavy atom. The highest BCUT2D eigenvalue weighted by Crippen LogP contribution is 2.30. The number of sulfonamides is 2. The number of rotatable bonds is 5. The fourth-order valence-electron chi connectivity index (χ4n) is 2.66. The molecule has 3 rings (SSSR count). The highest BCUT2D eigenvalue weighted by molar-refractivity contribution is 7.92. The molecule has 1 aliphatic heterocycles. The summed E-state index contributed by atoms with van der Waals surface area (Å²) in [6.07, 6.45) is 1.58. The number of halogens is 2. The minimum atomic E-state index is -3.88. The molecule has 1 saturated heterocycles. The van der Waals surface area contributed by atoms with Gasteiger partial charge in [0.1, 0.15) is 4.90 Å². The van der Waals surface area contributed by atoms with E-state index in [0.717, 1.165) is 12.8 Å². The zero-order chi connectivity index (χ0) is 18.9. The van der Waals surface area contributed by atoms with Gasteiger partial charge in [-0.3, -0.25) is 4.72 Å². The second-order valence-electron chi connectivity index (χ2n) is 5.82. The third-order valence-corrected chi connectivity index (χ3v) is 8.02. The number of benzene rings is 2. The molecule has 0 saturated carbocycles. The van der Waals surface area contributed by atoms with Crippen molar-refractivity contribution < 1.29 is 16.8 Å². The lowest BCUT2D eigenvalue weighted by Gasteiger charge is -2.17. The average molecular weight is 435 g/mol. The third kappa shape index (κ3) is 3.99. The van der Waals surface area contributed by atoms with Crippen molar-refractivity contribution in [2.45, 2.75) is 22.6 Å². The van der Waals surface area contributed by atoms with Crippen LogP contribution >= 0.6 is 23.2 Å². The molecule has 0 aromatic heterocycles. The smallest absolute Gasteiger partial charge is 0.261 e. The van der Waals surface area contributed by atoms with Gasteiger partial charge in [-0.1, -0.05) is 23.2 Å². The van der Waals surface area contributed by atoms with E-state index < -0.39 is 20.0 Å². The SMILES string of the molecule is O=S(=O)(Nc1ccc(Cl)c(S(=O)(=O)N2CCCC2)c1)c1ccc(Cl)cc1. The number of nitrogens with one attached hydrogen (secondary N) is 1. The van der Waals surface area contributed by atoms with E-state index in [1.165, 1.54) is 46.8 Å². The fourth-order valence-corrected chi connectivity index (χ4v) is 5.85. The lowest BCUT2D eigenvalue weighted by molar-refractivity contribution is 0.477. The minimum absolute atomic E-state index is 0.0146. The van der Waals surface area contributed by atoms with Gasteiger partial charge in [0.2, 0.25) is 10.0 Å². The number of hydrogen-bond acceptors (Lipinski definition) is 4. The van der Waals surface area contributed by atoms with Gasteiger partial charge in [0, 0.05) is 18.1 Å². The molecule has 26 heavy (non-hydrogen) atoms. The fraction of sp³-hybridized carbons (Fsp3) is 0.250. The Bertz CT molecular complexity index is 1020. The summed E-state index contributed by atoms with van der Waals surface area (Å²) in [5, 5.41) is 0.459. The molecule has 140 valence electrons. The number of anilines is 1. The number of nitrogens with zero attached hydrogens (tertiary/aromatic N) is 1. The van der Waals surface area contributed by atoms with Crippen LogP contribution in [0.25, 0.3) is 0 Å². The quantitative estimate of drug-likeness (QED) is 0.778. The van der Waals surface area contributed by atoms with Gasteiger partial charge in [0.25, 0.3) is 10.0 Å². The van der Waals surface area contributed by atoms with E-state index in [1.807, 2.05) is 0 Å². The second kappa shape index (κ2) is 7.36. The van der Waals surface area contributed by atoms with Crippen LogP contribution in [0.1, 0.15) is 12.8 Å². The molecule has 0 bridgehead atoms. The van der Waals surface area contributed by atoms with Crippen molar-refractivity contribution in [2.24, 2.45) is 0 Å². The van der Waals surface area contributed by atoms with Gasteiger partial charge in [-0.25, -0.2) is 16.8 Å². The molecule has 1 N–H and O–H groups in total. The van der Waals surface area contributed by atoms with Crippen LogP contribution in [0.2, 0.25) is 10.0 Å². The largest absolute Gasteiger partial charge is 0.280 e. The predicted octanol–water partition coefficient (Wildman–Crippen LogP) is 3.58. The molecule has 1 aliphatic rings. The summed E-state index contributed by atoms with van der Waals surface area (Å²) < 4.78 is 54.1. The van der Waals surface area contributed by atoms with Crippen molar-refractivity contribution in [2.75, 3.05) is 17.8 Å². The van der Waals surface area contributed by atoms with Crippen LogP contribution in [0.15, 0.2) is 52.3 Å². The van der Waals surface area contributed by atoms with E-state index in [-0.39, 0.29) is 20.5 Å². The molecule has 0 spiro atoms. The van der Waals surface area contributed by atoms with Crippen molar-refractivity contribution in [3.05, 3.63) is 52.5 Å². The maximum atomic E-state index is 12.7. The van der Waals surface area contributed by atoms with Crippen LogP contribution in [0.5, 0.6) is 0 Å². The van der Waals surface area contributed by atoms with Crippen molar-refractivity contribution in [1.82, 2.24) is 4.31 Å². The topological polar surface area (TPSA) is 83.5 Å². The zero-order valence-electron chi connectivity index (χ0n) is 13.5. The first-order valence-corrected chi connectivity index (χ1v) is 11.5. The van der Waals surface area contributed by atoms with Crippen molar-refractivity contribution in [3.8, 4) is 0 Å². The van der Waals surface area contributed by atoms with E-state index >= 15 is 0 Å². The maximum Gasteiger partial charge on any atom is 0.261 e. The van der Waals surface area contributed by atoms with Crippen LogP contribution in [0, 0.1) is 0 Å². The molecule has 1 heterocycles. The lowest BCUT2D eigenvalue weighted by atomic mass is 10.3. The Balaban J connectivity index is 1.94. The van der Waals surface area contributed by atoms with Crippen LogP contribution in [-0.2, 0) is 20.0 Å². The Labute approximate surface area is 162 Å². The summed E-state index contributed by atoms with van der Waals surface area (Å²) in [7, 11) is -7.65. The normalized spacial score (nSPS) is 15.9. The standard InChI is InChI=1S/C16H16Cl2N2O4S2/c17-12-3-6-14(7-4-12)25(21,22)19-13-5-8-15(18)16(11-13)26(23,24)20-9-1-2-10-20/h3-8,11,19H,1-2,9-10H2. The number of hydrogen-bond donors (Lipinski definition) is 1. The molecule has 6 nitrogen and oxygen atoms in total. The first kappa shape index (κ1) is 19.4. The van der Waals surface area contributed by atoms with E-state index in [9.17, 15) is 16.8 Å². The van der Waals surface area contributed by atoms with Gasteiger partial charge in [-0.2, -0.15) is 4.31 Å². The van der Waals surface area contributed by atoms with E-state index in [4.69, 9.17) is 23.2 Å². The van der Waals surface area contributed by atoms with Gasteiger partial charge < -0.3 is 0 Å². The maximum absolute atomic E-state index is 12.7. The van der Waals surface area contributed by atoms with Gasteiger partial charge >= 0.3 is 0 Å². The van der Waals surface area contributed by atoms with Gasteiger partial charge in [-0.15, -0.1) is 0 Å². The Kier molecular flexibility index (Phi) is 5.50. The molecule has 2 aromatic carbocycles. The second-order valence-corrected chi connectivity index (χ2v) is 10.2. The van der Waals surface area contributed by atoms with Crippen LogP contribution < -0.4 is 4.72 Å². The first-order valence-electron chi connectivity index (χ1n) is 7.78. The van der Waals surface area contributed by atoms with Crippen molar-refractivity contribution in [1.29, 1.82) is 0 Å². The summed E-state index contributed by atoms with van der Waals surface area (Å²) in [6, 6.07) is 9.67. The van der Waals surface area contributed by atoms with Crippen molar-refractivity contribution in [3.63, 3.8) is 0 Å². The van der Waals surface area contributed by atoms with Gasteiger partial charge in [0.05, 0.1) is 15.6 Å². The molecule has 10 heteroatoms. The van der Waals surface area contributed by atoms with E-state index in [0.29, 0.717) is 18.1 Å². The van der Waals surface area contributed by atoms with Crippen LogP contribution in [0.3, 0.4) is 0 Å². The van der Waals surface area contributed by atoms with Crippen molar-refractivity contribution >= 4 is 48.9 Å². The molecule has 1 fully saturated rings. The summed E-state index contributed by atoms with van der Waals surface area (Å²) >= 11 is 11.8. The summed E-state index contributed by atoms with van der Waals surface area (Å²) in [5.74, 6) is 0. The molecule has 0 radical (unpaired) electrons. The lowest BCUT2D eigenvalue weighted by Crippen LogP contribution is -2.28. The first-order chi connectivity index (χ1) is 12.2. The van der Waals surface area contributed by atoms with Crippen LogP contribution in [-0.4, -0.2) is 34.2 Å². The summed E-state index contributed by atoms with van der Waals surface area (Å²) in [6.45, 7) is 0.860.